The van der Waals surface area contributed by atoms with Crippen molar-refractivity contribution >= 4 is 37.6 Å². The van der Waals surface area contributed by atoms with Crippen LogP contribution in [0.5, 0.6) is 0 Å². The van der Waals surface area contributed by atoms with Gasteiger partial charge in [-0.2, -0.15) is 0 Å². The Kier molecular flexibility index (Phi) is 4.80. The van der Waals surface area contributed by atoms with E-state index < -0.39 is 0 Å². The van der Waals surface area contributed by atoms with E-state index in [1.54, 1.807) is 0 Å². The number of esters is 1. The third kappa shape index (κ3) is 2.82. The first-order valence-corrected chi connectivity index (χ1v) is 10.2. The molecule has 3 unspecified atom stereocenters. The van der Waals surface area contributed by atoms with Crippen LogP contribution in [0.25, 0.3) is 0 Å². The van der Waals surface area contributed by atoms with E-state index in [2.05, 4.69) is 15.1 Å². The summed E-state index contributed by atoms with van der Waals surface area (Å²) in [5.74, 6) is 0.148. The molecule has 3 fully saturated rings. The molecule has 3 atom stereocenters. The van der Waals surface area contributed by atoms with E-state index >= 15 is 0 Å². The number of hydrogen-bond donors (Lipinski definition) is 1. The Labute approximate surface area is 147 Å². The molecule has 1 N–H and O–H groups in total. The summed E-state index contributed by atoms with van der Waals surface area (Å²) in [4.78, 5) is 28.3. The van der Waals surface area contributed by atoms with Crippen LogP contribution in [0, 0.1) is 5.41 Å². The second-order valence-electron chi connectivity index (χ2n) is 6.92. The van der Waals surface area contributed by atoms with Gasteiger partial charge in [0.25, 0.3) is 0 Å². The van der Waals surface area contributed by atoms with Gasteiger partial charge >= 0.3 is 148 Å². The van der Waals surface area contributed by atoms with E-state index in [9.17, 15) is 9.59 Å². The van der Waals surface area contributed by atoms with E-state index in [-0.39, 0.29) is 26.8 Å². The zero-order valence-corrected chi connectivity index (χ0v) is 17.2. The van der Waals surface area contributed by atoms with Crippen molar-refractivity contribution in [1.29, 1.82) is 0 Å². The molecule has 3 heterocycles. The number of piperidine rings is 1. The summed E-state index contributed by atoms with van der Waals surface area (Å²) in [6.07, 6.45) is 3.06. The fraction of sp³-hybridized carbons (Fsp3) is 0.867. The Morgan fingerprint density at radius 1 is 1.41 bits per heavy atom. The second-order valence-corrected chi connectivity index (χ2v) is 9.16. The van der Waals surface area contributed by atoms with Crippen LogP contribution in [0.4, 0.5) is 0 Å². The second kappa shape index (κ2) is 6.35. The number of methoxy groups -OCH3 is 1. The third-order valence-corrected chi connectivity index (χ3v) is 9.20. The summed E-state index contributed by atoms with van der Waals surface area (Å²) in [6, 6.07) is 0.330. The molecular formula is C15H24N3O3Pb. The molecule has 0 aliphatic carbocycles. The van der Waals surface area contributed by atoms with Crippen molar-refractivity contribution < 1.29 is 14.3 Å². The number of likely N-dealkylation sites (tertiary alicyclic amines) is 2. The van der Waals surface area contributed by atoms with Crippen molar-refractivity contribution in [3.63, 3.8) is 0 Å². The molecule has 6 nitrogen and oxygen atoms in total. The van der Waals surface area contributed by atoms with Gasteiger partial charge in [0, 0.05) is 0 Å². The third-order valence-electron chi connectivity index (χ3n) is 5.80. The molecule has 121 valence electrons. The van der Waals surface area contributed by atoms with Crippen LogP contribution in [-0.4, -0.2) is 99.9 Å². The van der Waals surface area contributed by atoms with Crippen LogP contribution in [0.3, 0.4) is 0 Å². The summed E-state index contributed by atoms with van der Waals surface area (Å²) in [6.45, 7) is 3.87. The fourth-order valence-electron chi connectivity index (χ4n) is 4.19. The molecule has 3 aliphatic rings. The fourth-order valence-corrected chi connectivity index (χ4v) is 6.11. The molecular weight excluding hydrogens is 477 g/mol. The molecule has 3 saturated heterocycles. The van der Waals surface area contributed by atoms with E-state index in [0.29, 0.717) is 6.04 Å². The zero-order valence-electron chi connectivity index (χ0n) is 13.3. The summed E-state index contributed by atoms with van der Waals surface area (Å²) in [5, 5.41) is 3.06. The van der Waals surface area contributed by atoms with Crippen molar-refractivity contribution in [2.45, 2.75) is 34.8 Å². The number of carbonyl (C=O) groups excluding carboxylic acids is 2. The first-order chi connectivity index (χ1) is 10.5. The average Bonchev–Trinajstić information content (AvgIpc) is 3.04. The normalized spacial score (nSPS) is 35.8. The molecule has 0 aromatic carbocycles. The van der Waals surface area contributed by atoms with Crippen LogP contribution < -0.4 is 5.32 Å². The molecule has 1 amide bonds. The summed E-state index contributed by atoms with van der Waals surface area (Å²) < 4.78 is 5.17. The molecule has 0 aromatic rings. The van der Waals surface area contributed by atoms with E-state index in [1.807, 2.05) is 7.05 Å². The van der Waals surface area contributed by atoms with Gasteiger partial charge in [-0.05, 0) is 0 Å². The number of nitrogens with zero attached hydrogens (tertiary/aromatic N) is 2. The Hall–Kier alpha value is -0.218. The molecule has 22 heavy (non-hydrogen) atoms. The maximum atomic E-state index is 11.8. The predicted octanol–water partition coefficient (Wildman–Crippen LogP) is -0.599. The quantitative estimate of drug-likeness (QED) is 0.405. The minimum absolute atomic E-state index is 0.105. The van der Waals surface area contributed by atoms with Crippen LogP contribution in [0.15, 0.2) is 0 Å². The van der Waals surface area contributed by atoms with Crippen LogP contribution >= 0.6 is 0 Å². The number of amides is 1. The Morgan fingerprint density at radius 2 is 2.09 bits per heavy atom. The van der Waals surface area contributed by atoms with Gasteiger partial charge in [0.2, 0.25) is 0 Å². The number of likely N-dealkylation sites (N-methyl/N-ethyl adjacent to an activating group) is 1. The molecule has 3 radical (unpaired) electrons. The van der Waals surface area contributed by atoms with Crippen molar-refractivity contribution in [1.82, 2.24) is 15.1 Å². The number of ether oxygens (including phenoxy) is 1. The number of hydrogen-bond acceptors (Lipinski definition) is 5. The molecule has 1 spiro atoms. The van der Waals surface area contributed by atoms with Crippen molar-refractivity contribution in [2.24, 2.45) is 5.41 Å². The van der Waals surface area contributed by atoms with Gasteiger partial charge in [-0.1, -0.05) is 0 Å². The van der Waals surface area contributed by atoms with Gasteiger partial charge < -0.3 is 0 Å². The Balaban J connectivity index is 1.59. The van der Waals surface area contributed by atoms with Gasteiger partial charge in [0.1, 0.15) is 0 Å². The average molecular weight is 502 g/mol. The van der Waals surface area contributed by atoms with E-state index in [0.717, 1.165) is 71.2 Å². The van der Waals surface area contributed by atoms with Crippen molar-refractivity contribution in [3.05, 3.63) is 0 Å². The summed E-state index contributed by atoms with van der Waals surface area (Å²) >= 11 is 0.946. The molecule has 3 rings (SSSR count). The topological polar surface area (TPSA) is 61.9 Å². The van der Waals surface area contributed by atoms with Crippen LogP contribution in [-0.2, 0) is 14.3 Å². The predicted molar refractivity (Wildman–Crippen MR) is 82.6 cm³/mol. The Morgan fingerprint density at radius 3 is 2.64 bits per heavy atom. The van der Waals surface area contributed by atoms with Gasteiger partial charge in [-0.15, -0.1) is 0 Å². The van der Waals surface area contributed by atoms with Gasteiger partial charge in [0.15, 0.2) is 0 Å². The number of carbonyl (C=O) groups is 2. The molecule has 7 heteroatoms. The summed E-state index contributed by atoms with van der Waals surface area (Å²) in [7, 11) is 3.46. The van der Waals surface area contributed by atoms with E-state index in [1.165, 1.54) is 7.11 Å². The monoisotopic (exact) mass is 502 g/mol. The molecule has 0 saturated carbocycles. The number of rotatable bonds is 2. The number of nitrogens with one attached hydrogen (secondary N) is 1. The van der Waals surface area contributed by atoms with Gasteiger partial charge in [-0.3, -0.25) is 0 Å². The van der Waals surface area contributed by atoms with E-state index in [4.69, 9.17) is 4.74 Å². The SMILES string of the molecule is COC(=O)C1CC(N2CCC3(CC2)CNC(=O)[CH]3[Pb])CN1C. The molecule has 3 aliphatic heterocycles. The molecule has 0 aromatic heterocycles. The standard InChI is InChI=1S/C15H24N3O3.Pb/c1-17-9-11(7-12(17)14(20)21-2)18-5-3-15(4-6-18)8-13(19)16-10-15;/h8,11-12H,3-7,9-10H2,1-2H3,(H,16,19);. The first-order valence-electron chi connectivity index (χ1n) is 7.98. The first kappa shape index (κ1) is 16.6. The summed E-state index contributed by atoms with van der Waals surface area (Å²) in [5.41, 5.74) is 0.214. The van der Waals surface area contributed by atoms with Crippen LogP contribution in [0.1, 0.15) is 19.3 Å². The zero-order chi connectivity index (χ0) is 15.9. The van der Waals surface area contributed by atoms with Crippen LogP contribution in [0.2, 0.25) is 3.48 Å². The Bertz CT molecular complexity index is 465. The minimum atomic E-state index is -0.122. The van der Waals surface area contributed by atoms with Crippen molar-refractivity contribution in [2.75, 3.05) is 40.3 Å². The molecule has 0 bridgehead atoms. The van der Waals surface area contributed by atoms with Crippen molar-refractivity contribution in [3.8, 4) is 0 Å². The van der Waals surface area contributed by atoms with Gasteiger partial charge in [-0.25, -0.2) is 0 Å². The van der Waals surface area contributed by atoms with Gasteiger partial charge in [0.05, 0.1) is 0 Å². The maximum absolute atomic E-state index is 11.8.